The summed E-state index contributed by atoms with van der Waals surface area (Å²) in [6, 6.07) is 0. The summed E-state index contributed by atoms with van der Waals surface area (Å²) in [5, 5.41) is 4.67. The van der Waals surface area contributed by atoms with E-state index in [-0.39, 0.29) is 5.91 Å². The predicted octanol–water partition coefficient (Wildman–Crippen LogP) is 2.29. The molecule has 8 nitrogen and oxygen atoms in total. The van der Waals surface area contributed by atoms with Crippen LogP contribution in [0.25, 0.3) is 0 Å². The van der Waals surface area contributed by atoms with Gasteiger partial charge in [0.25, 0.3) is 5.91 Å². The van der Waals surface area contributed by atoms with Crippen LogP contribution in [0.2, 0.25) is 5.02 Å². The zero-order chi connectivity index (χ0) is 20.2. The summed E-state index contributed by atoms with van der Waals surface area (Å²) in [6.07, 6.45) is 8.77. The second kappa shape index (κ2) is 9.09. The second-order valence-corrected chi connectivity index (χ2v) is 8.09. The highest BCUT2D eigenvalue weighted by atomic mass is 35.5. The zero-order valence-electron chi connectivity index (χ0n) is 16.9. The lowest BCUT2D eigenvalue weighted by Crippen LogP contribution is -2.36. The number of carbonyl (C=O) groups excluding carboxylic acids is 1. The molecule has 29 heavy (non-hydrogen) atoms. The molecule has 0 radical (unpaired) electrons. The van der Waals surface area contributed by atoms with E-state index >= 15 is 0 Å². The summed E-state index contributed by atoms with van der Waals surface area (Å²) in [7, 11) is 0. The molecule has 2 fully saturated rings. The van der Waals surface area contributed by atoms with Crippen molar-refractivity contribution in [1.29, 1.82) is 0 Å². The van der Waals surface area contributed by atoms with E-state index in [0.29, 0.717) is 29.8 Å². The number of amides is 1. The number of hydrogen-bond acceptors (Lipinski definition) is 6. The van der Waals surface area contributed by atoms with Gasteiger partial charge in [0.15, 0.2) is 5.69 Å². The molecular formula is C20H28ClN7O. The van der Waals surface area contributed by atoms with Crippen molar-refractivity contribution in [2.75, 3.05) is 44.2 Å². The van der Waals surface area contributed by atoms with E-state index in [9.17, 15) is 4.79 Å². The van der Waals surface area contributed by atoms with Crippen LogP contribution in [-0.4, -0.2) is 74.7 Å². The number of hydrogen-bond donors (Lipinski definition) is 0. The van der Waals surface area contributed by atoms with Gasteiger partial charge in [-0.2, -0.15) is 5.10 Å². The van der Waals surface area contributed by atoms with E-state index in [1.165, 1.54) is 5.56 Å². The SMILES string of the molecule is CCn1cc(CN2CCCN(C(=O)c3nc(N4CCCC4)ncc3Cl)CC2)cn1. The molecule has 0 spiro atoms. The average molecular weight is 418 g/mol. The maximum absolute atomic E-state index is 13.1. The Bertz CT molecular complexity index is 849. The lowest BCUT2D eigenvalue weighted by atomic mass is 10.3. The van der Waals surface area contributed by atoms with Crippen LogP contribution >= 0.6 is 11.6 Å². The summed E-state index contributed by atoms with van der Waals surface area (Å²) in [5.41, 5.74) is 1.53. The van der Waals surface area contributed by atoms with Crippen molar-refractivity contribution in [3.8, 4) is 0 Å². The quantitative estimate of drug-likeness (QED) is 0.743. The molecule has 1 amide bonds. The van der Waals surface area contributed by atoms with Crippen LogP contribution in [0.4, 0.5) is 5.95 Å². The Morgan fingerprint density at radius 2 is 1.90 bits per heavy atom. The minimum atomic E-state index is -0.0986. The number of aromatic nitrogens is 4. The minimum Gasteiger partial charge on any atom is -0.341 e. The molecule has 4 heterocycles. The number of aryl methyl sites for hydroxylation is 1. The summed E-state index contributed by atoms with van der Waals surface area (Å²) < 4.78 is 1.94. The Balaban J connectivity index is 1.41. The summed E-state index contributed by atoms with van der Waals surface area (Å²) >= 11 is 6.30. The number of halogens is 1. The van der Waals surface area contributed by atoms with Crippen molar-refractivity contribution in [1.82, 2.24) is 29.5 Å². The Hall–Kier alpha value is -2.19. The van der Waals surface area contributed by atoms with Gasteiger partial charge in [0.05, 0.1) is 17.4 Å². The van der Waals surface area contributed by atoms with E-state index in [4.69, 9.17) is 11.6 Å². The number of anilines is 1. The summed E-state index contributed by atoms with van der Waals surface area (Å²) in [5.74, 6) is 0.512. The molecule has 2 saturated heterocycles. The molecule has 0 N–H and O–H groups in total. The molecule has 4 rings (SSSR count). The van der Waals surface area contributed by atoms with Crippen molar-refractivity contribution in [2.45, 2.75) is 39.3 Å². The molecule has 9 heteroatoms. The molecular weight excluding hydrogens is 390 g/mol. The van der Waals surface area contributed by atoms with Gasteiger partial charge >= 0.3 is 0 Å². The molecule has 0 bridgehead atoms. The molecule has 0 aliphatic carbocycles. The molecule has 2 aromatic rings. The first-order valence-electron chi connectivity index (χ1n) is 10.4. The summed E-state index contributed by atoms with van der Waals surface area (Å²) in [6.45, 7) is 8.84. The first-order valence-corrected chi connectivity index (χ1v) is 10.8. The predicted molar refractivity (Wildman–Crippen MR) is 112 cm³/mol. The lowest BCUT2D eigenvalue weighted by Gasteiger charge is -2.22. The average Bonchev–Trinajstić information content (AvgIpc) is 3.37. The summed E-state index contributed by atoms with van der Waals surface area (Å²) in [4.78, 5) is 28.4. The van der Waals surface area contributed by atoms with Crippen molar-refractivity contribution in [2.24, 2.45) is 0 Å². The number of rotatable bonds is 5. The Morgan fingerprint density at radius 3 is 2.66 bits per heavy atom. The second-order valence-electron chi connectivity index (χ2n) is 7.69. The fourth-order valence-electron chi connectivity index (χ4n) is 3.98. The van der Waals surface area contributed by atoms with Gasteiger partial charge < -0.3 is 9.80 Å². The molecule has 2 aromatic heterocycles. The van der Waals surface area contributed by atoms with Gasteiger partial charge in [0.2, 0.25) is 5.95 Å². The maximum atomic E-state index is 13.1. The van der Waals surface area contributed by atoms with E-state index < -0.39 is 0 Å². The van der Waals surface area contributed by atoms with Gasteiger partial charge in [-0.3, -0.25) is 14.4 Å². The molecule has 2 aliphatic rings. The van der Waals surface area contributed by atoms with Gasteiger partial charge in [-0.15, -0.1) is 0 Å². The van der Waals surface area contributed by atoms with E-state index in [0.717, 1.165) is 58.5 Å². The van der Waals surface area contributed by atoms with Crippen LogP contribution in [-0.2, 0) is 13.1 Å². The molecule has 156 valence electrons. The highest BCUT2D eigenvalue weighted by Gasteiger charge is 2.25. The fourth-order valence-corrected chi connectivity index (χ4v) is 4.15. The minimum absolute atomic E-state index is 0.0986. The fraction of sp³-hybridized carbons (Fsp3) is 0.600. The van der Waals surface area contributed by atoms with Crippen LogP contribution in [0, 0.1) is 0 Å². The van der Waals surface area contributed by atoms with Crippen LogP contribution in [0.1, 0.15) is 42.2 Å². The zero-order valence-corrected chi connectivity index (χ0v) is 17.7. The standard InChI is InChI=1S/C20H28ClN7O/c1-2-28-15-16(12-23-28)14-25-6-5-9-26(11-10-25)19(29)18-17(21)13-22-20(24-18)27-7-3-4-8-27/h12-13,15H,2-11,14H2,1H3. The van der Waals surface area contributed by atoms with Crippen LogP contribution in [0.5, 0.6) is 0 Å². The Labute approximate surface area is 176 Å². The van der Waals surface area contributed by atoms with Gasteiger partial charge in [0.1, 0.15) is 0 Å². The molecule has 0 unspecified atom stereocenters. The first-order chi connectivity index (χ1) is 14.1. The monoisotopic (exact) mass is 417 g/mol. The topological polar surface area (TPSA) is 70.4 Å². The number of nitrogens with zero attached hydrogens (tertiary/aromatic N) is 7. The van der Waals surface area contributed by atoms with E-state index in [1.807, 2.05) is 15.8 Å². The van der Waals surface area contributed by atoms with E-state index in [1.54, 1.807) is 6.20 Å². The van der Waals surface area contributed by atoms with Gasteiger partial charge in [-0.25, -0.2) is 9.97 Å². The molecule has 0 atom stereocenters. The normalized spacial score (nSPS) is 18.3. The first kappa shape index (κ1) is 20.1. The molecule has 2 aliphatic heterocycles. The van der Waals surface area contributed by atoms with Crippen molar-refractivity contribution < 1.29 is 4.79 Å². The van der Waals surface area contributed by atoms with Crippen LogP contribution in [0.15, 0.2) is 18.6 Å². The largest absolute Gasteiger partial charge is 0.341 e. The van der Waals surface area contributed by atoms with Crippen LogP contribution < -0.4 is 4.90 Å². The third-order valence-corrected chi connectivity index (χ3v) is 5.89. The van der Waals surface area contributed by atoms with Gasteiger partial charge in [-0.1, -0.05) is 11.6 Å². The highest BCUT2D eigenvalue weighted by molar-refractivity contribution is 6.33. The smallest absolute Gasteiger partial charge is 0.274 e. The Morgan fingerprint density at radius 1 is 1.07 bits per heavy atom. The van der Waals surface area contributed by atoms with Crippen molar-refractivity contribution >= 4 is 23.5 Å². The third-order valence-electron chi connectivity index (χ3n) is 5.62. The highest BCUT2D eigenvalue weighted by Crippen LogP contribution is 2.21. The number of carbonyl (C=O) groups is 1. The van der Waals surface area contributed by atoms with Crippen molar-refractivity contribution in [3.63, 3.8) is 0 Å². The lowest BCUT2D eigenvalue weighted by molar-refractivity contribution is 0.0755. The molecule has 0 saturated carbocycles. The molecule has 0 aromatic carbocycles. The van der Waals surface area contributed by atoms with Gasteiger partial charge in [0, 0.05) is 64.1 Å². The van der Waals surface area contributed by atoms with Crippen molar-refractivity contribution in [3.05, 3.63) is 34.9 Å². The Kier molecular flexibility index (Phi) is 6.30. The van der Waals surface area contributed by atoms with E-state index in [2.05, 4.69) is 38.0 Å². The van der Waals surface area contributed by atoms with Gasteiger partial charge in [-0.05, 0) is 26.2 Å². The third kappa shape index (κ3) is 4.70. The van der Waals surface area contributed by atoms with Crippen LogP contribution in [0.3, 0.4) is 0 Å². The maximum Gasteiger partial charge on any atom is 0.274 e.